The number of azo groups is 1. The van der Waals surface area contributed by atoms with Gasteiger partial charge in [0.25, 0.3) is 5.91 Å². The lowest BCUT2D eigenvalue weighted by Crippen LogP contribution is -2.10. The number of nitrogens with zero attached hydrogens (tertiary/aromatic N) is 2. The minimum absolute atomic E-state index is 0.0690. The molecule has 0 aliphatic rings. The van der Waals surface area contributed by atoms with Crippen LogP contribution in [0.25, 0.3) is 0 Å². The third-order valence-electron chi connectivity index (χ3n) is 3.51. The van der Waals surface area contributed by atoms with E-state index in [1.807, 2.05) is 6.07 Å². The summed E-state index contributed by atoms with van der Waals surface area (Å²) in [7, 11) is 0. The molecule has 0 bridgehead atoms. The first kappa shape index (κ1) is 17.8. The molecule has 3 aromatic rings. The summed E-state index contributed by atoms with van der Waals surface area (Å²) in [6, 6.07) is 20.8. The molecule has 0 radical (unpaired) electrons. The number of amides is 1. The Hall–Kier alpha value is -4.00. The van der Waals surface area contributed by atoms with Gasteiger partial charge >= 0.3 is 5.97 Å². The molecule has 0 spiro atoms. The van der Waals surface area contributed by atoms with Crippen molar-refractivity contribution in [3.63, 3.8) is 0 Å². The molecule has 0 heterocycles. The molecule has 3 aromatic carbocycles. The Labute approximate surface area is 154 Å². The van der Waals surface area contributed by atoms with E-state index in [-0.39, 0.29) is 5.75 Å². The average molecular weight is 361 g/mol. The molecule has 0 atom stereocenters. The van der Waals surface area contributed by atoms with Crippen LogP contribution in [0.4, 0.5) is 11.4 Å². The number of hydrogen-bond acceptors (Lipinski definition) is 6. The lowest BCUT2D eigenvalue weighted by molar-refractivity contribution is 0.0596. The Bertz CT molecular complexity index is 953. The van der Waals surface area contributed by atoms with Crippen molar-refractivity contribution < 1.29 is 19.5 Å². The molecule has 1 amide bonds. The molecule has 0 fully saturated rings. The zero-order chi connectivity index (χ0) is 19.1. The second kappa shape index (κ2) is 8.39. The highest BCUT2D eigenvalue weighted by molar-refractivity contribution is 5.94. The van der Waals surface area contributed by atoms with Crippen LogP contribution >= 0.6 is 0 Å². The lowest BCUT2D eigenvalue weighted by atomic mass is 10.2. The lowest BCUT2D eigenvalue weighted by Gasteiger charge is -2.06. The van der Waals surface area contributed by atoms with E-state index < -0.39 is 11.9 Å². The van der Waals surface area contributed by atoms with Crippen molar-refractivity contribution in [3.8, 4) is 5.75 Å². The Balaban J connectivity index is 1.56. The fraction of sp³-hybridized carbons (Fsp3) is 0. The van der Waals surface area contributed by atoms with E-state index in [1.54, 1.807) is 48.5 Å². The second-order valence-electron chi connectivity index (χ2n) is 5.46. The van der Waals surface area contributed by atoms with Crippen molar-refractivity contribution in [1.29, 1.82) is 0 Å². The third-order valence-corrected chi connectivity index (χ3v) is 3.51. The van der Waals surface area contributed by atoms with Gasteiger partial charge in [0.1, 0.15) is 5.75 Å². The first-order valence-corrected chi connectivity index (χ1v) is 7.99. The summed E-state index contributed by atoms with van der Waals surface area (Å²) in [6.45, 7) is 0. The molecule has 0 saturated carbocycles. The predicted octanol–water partition coefficient (Wildman–Crippen LogP) is 4.50. The largest absolute Gasteiger partial charge is 0.508 e. The van der Waals surface area contributed by atoms with Gasteiger partial charge in [-0.25, -0.2) is 10.3 Å². The molecular formula is C20H15N3O4. The molecule has 0 unspecified atom stereocenters. The van der Waals surface area contributed by atoms with Gasteiger partial charge in [-0.05, 0) is 60.7 Å². The van der Waals surface area contributed by atoms with Crippen LogP contribution in [0.1, 0.15) is 20.7 Å². The monoisotopic (exact) mass is 361 g/mol. The number of carbonyl (C=O) groups is 2. The van der Waals surface area contributed by atoms with Crippen molar-refractivity contribution >= 4 is 23.3 Å². The molecule has 134 valence electrons. The van der Waals surface area contributed by atoms with Gasteiger partial charge in [-0.2, -0.15) is 0 Å². The minimum atomic E-state index is -0.519. The van der Waals surface area contributed by atoms with E-state index >= 15 is 0 Å². The quantitative estimate of drug-likeness (QED) is 0.515. The molecule has 0 saturated heterocycles. The van der Waals surface area contributed by atoms with Gasteiger partial charge in [-0.15, -0.1) is 10.2 Å². The summed E-state index contributed by atoms with van der Waals surface area (Å²) >= 11 is 0. The summed E-state index contributed by atoms with van der Waals surface area (Å²) < 4.78 is 0. The molecule has 27 heavy (non-hydrogen) atoms. The van der Waals surface area contributed by atoms with Crippen LogP contribution in [0, 0.1) is 0 Å². The Kier molecular flexibility index (Phi) is 5.54. The van der Waals surface area contributed by atoms with Crippen LogP contribution in [-0.4, -0.2) is 17.0 Å². The second-order valence-corrected chi connectivity index (χ2v) is 5.46. The Morgan fingerprint density at radius 2 is 1.48 bits per heavy atom. The molecule has 7 nitrogen and oxygen atoms in total. The van der Waals surface area contributed by atoms with Gasteiger partial charge in [0.05, 0.1) is 16.9 Å². The third kappa shape index (κ3) is 4.99. The molecule has 2 N–H and O–H groups in total. The highest BCUT2D eigenvalue weighted by atomic mass is 16.7. The number of anilines is 1. The Morgan fingerprint density at radius 1 is 0.815 bits per heavy atom. The fourth-order valence-electron chi connectivity index (χ4n) is 2.10. The number of hydrogen-bond donors (Lipinski definition) is 2. The molecule has 0 aromatic heterocycles. The Morgan fingerprint density at radius 3 is 2.15 bits per heavy atom. The highest BCUT2D eigenvalue weighted by Crippen LogP contribution is 2.18. The molecular weight excluding hydrogens is 346 g/mol. The number of nitrogens with one attached hydrogen (secondary N) is 1. The minimum Gasteiger partial charge on any atom is -0.508 e. The van der Waals surface area contributed by atoms with Crippen LogP contribution in [0.5, 0.6) is 5.75 Å². The number of phenols is 1. The highest BCUT2D eigenvalue weighted by Gasteiger charge is 2.06. The number of rotatable bonds is 5. The molecule has 7 heteroatoms. The predicted molar refractivity (Wildman–Crippen MR) is 98.9 cm³/mol. The fourth-order valence-corrected chi connectivity index (χ4v) is 2.10. The standard InChI is InChI=1S/C20H15N3O4/c24-18-12-6-14(7-13-18)19(25)22-21-16-8-10-17(11-9-16)23-27-20(26)15-4-2-1-3-5-15/h1-13,23-24H. The molecule has 0 aliphatic heterocycles. The van der Waals surface area contributed by atoms with Crippen LogP contribution in [0.3, 0.4) is 0 Å². The van der Waals surface area contributed by atoms with Crippen LogP contribution in [0.15, 0.2) is 89.1 Å². The molecule has 3 rings (SSSR count). The van der Waals surface area contributed by atoms with Crippen molar-refractivity contribution in [2.24, 2.45) is 10.2 Å². The average Bonchev–Trinajstić information content (AvgIpc) is 2.72. The summed E-state index contributed by atoms with van der Waals surface area (Å²) in [5.74, 6) is -0.951. The van der Waals surface area contributed by atoms with E-state index in [2.05, 4.69) is 15.7 Å². The molecule has 0 aliphatic carbocycles. The normalized spacial score (nSPS) is 10.5. The summed E-state index contributed by atoms with van der Waals surface area (Å²) in [5.41, 5.74) is 4.31. The maximum absolute atomic E-state index is 11.9. The van der Waals surface area contributed by atoms with Gasteiger partial charge in [-0.1, -0.05) is 18.2 Å². The summed E-state index contributed by atoms with van der Waals surface area (Å²) in [5, 5.41) is 16.7. The SMILES string of the molecule is O=C(N=Nc1ccc(NOC(=O)c2ccccc2)cc1)c1ccc(O)cc1. The van der Waals surface area contributed by atoms with Gasteiger partial charge < -0.3 is 9.94 Å². The van der Waals surface area contributed by atoms with Crippen LogP contribution in [0.2, 0.25) is 0 Å². The maximum Gasteiger partial charge on any atom is 0.362 e. The summed E-state index contributed by atoms with van der Waals surface area (Å²) in [4.78, 5) is 28.7. The smallest absolute Gasteiger partial charge is 0.362 e. The number of aromatic hydroxyl groups is 1. The van der Waals surface area contributed by atoms with Crippen molar-refractivity contribution in [1.82, 2.24) is 0 Å². The zero-order valence-corrected chi connectivity index (χ0v) is 14.1. The first-order valence-electron chi connectivity index (χ1n) is 7.99. The van der Waals surface area contributed by atoms with E-state index in [9.17, 15) is 14.7 Å². The van der Waals surface area contributed by atoms with E-state index in [1.165, 1.54) is 24.3 Å². The first-order chi connectivity index (χ1) is 13.1. The summed E-state index contributed by atoms with van der Waals surface area (Å²) in [6.07, 6.45) is 0. The van der Waals surface area contributed by atoms with Crippen LogP contribution < -0.4 is 5.48 Å². The number of benzene rings is 3. The van der Waals surface area contributed by atoms with Crippen molar-refractivity contribution in [2.75, 3.05) is 5.48 Å². The van der Waals surface area contributed by atoms with Gasteiger partial charge in [0.2, 0.25) is 0 Å². The van der Waals surface area contributed by atoms with E-state index in [0.717, 1.165) is 0 Å². The topological polar surface area (TPSA) is 100 Å². The number of phenolic OH excluding ortho intramolecular Hbond substituents is 1. The maximum atomic E-state index is 11.9. The van der Waals surface area contributed by atoms with E-state index in [0.29, 0.717) is 22.5 Å². The van der Waals surface area contributed by atoms with Crippen molar-refractivity contribution in [3.05, 3.63) is 90.0 Å². The number of carbonyl (C=O) groups excluding carboxylic acids is 2. The van der Waals surface area contributed by atoms with Gasteiger partial charge in [0.15, 0.2) is 0 Å². The zero-order valence-electron chi connectivity index (χ0n) is 14.1. The van der Waals surface area contributed by atoms with Crippen LogP contribution in [-0.2, 0) is 4.84 Å². The van der Waals surface area contributed by atoms with Gasteiger partial charge in [0, 0.05) is 5.56 Å². The van der Waals surface area contributed by atoms with Crippen molar-refractivity contribution in [2.45, 2.75) is 0 Å². The van der Waals surface area contributed by atoms with Gasteiger partial charge in [-0.3, -0.25) is 4.79 Å². The van der Waals surface area contributed by atoms with E-state index in [4.69, 9.17) is 4.84 Å².